The fraction of sp³-hybridized carbons (Fsp3) is 0.462. The third-order valence-corrected chi connectivity index (χ3v) is 2.63. The molecule has 0 aliphatic carbocycles. The van der Waals surface area contributed by atoms with Crippen molar-refractivity contribution < 1.29 is 19.0 Å². The van der Waals surface area contributed by atoms with Gasteiger partial charge < -0.3 is 14.2 Å². The molecule has 18 heavy (non-hydrogen) atoms. The third-order valence-electron chi connectivity index (χ3n) is 2.36. The normalized spacial score (nSPS) is 9.94. The highest BCUT2D eigenvalue weighted by molar-refractivity contribution is 6.17. The molecule has 0 bridgehead atoms. The summed E-state index contributed by atoms with van der Waals surface area (Å²) in [4.78, 5) is 11.6. The number of esters is 1. The third kappa shape index (κ3) is 4.45. The number of benzene rings is 1. The minimum atomic E-state index is -0.288. The zero-order valence-corrected chi connectivity index (χ0v) is 11.3. The first-order chi connectivity index (χ1) is 8.71. The van der Waals surface area contributed by atoms with Crippen LogP contribution < -0.4 is 14.2 Å². The Kier molecular flexibility index (Phi) is 6.36. The second kappa shape index (κ2) is 7.82. The van der Waals surface area contributed by atoms with Crippen molar-refractivity contribution in [3.05, 3.63) is 18.2 Å². The van der Waals surface area contributed by atoms with Crippen molar-refractivity contribution >= 4 is 17.6 Å². The first-order valence-corrected chi connectivity index (χ1v) is 6.23. The number of rotatable bonds is 7. The average molecular weight is 273 g/mol. The van der Waals surface area contributed by atoms with Crippen LogP contribution in [0.3, 0.4) is 0 Å². The maximum Gasteiger partial charge on any atom is 0.311 e. The molecule has 0 heterocycles. The summed E-state index contributed by atoms with van der Waals surface area (Å²) in [6, 6.07) is 5.03. The fourth-order valence-electron chi connectivity index (χ4n) is 1.40. The van der Waals surface area contributed by atoms with Crippen LogP contribution in [0.4, 0.5) is 0 Å². The quantitative estimate of drug-likeness (QED) is 0.331. The van der Waals surface area contributed by atoms with E-state index in [0.29, 0.717) is 29.5 Å². The lowest BCUT2D eigenvalue weighted by molar-refractivity contribution is -0.134. The summed E-state index contributed by atoms with van der Waals surface area (Å²) < 4.78 is 15.4. The molecule has 0 spiro atoms. The maximum atomic E-state index is 11.6. The lowest BCUT2D eigenvalue weighted by Gasteiger charge is -2.10. The number of carbonyl (C=O) groups excluding carboxylic acids is 1. The molecule has 0 radical (unpaired) electrons. The molecule has 1 aromatic carbocycles. The Hall–Kier alpha value is -1.42. The van der Waals surface area contributed by atoms with E-state index >= 15 is 0 Å². The summed E-state index contributed by atoms with van der Waals surface area (Å²) >= 11 is 5.54. The molecule has 0 saturated heterocycles. The predicted octanol–water partition coefficient (Wildman–Crippen LogP) is 3.02. The van der Waals surface area contributed by atoms with E-state index in [0.717, 1.165) is 12.8 Å². The molecule has 1 aromatic rings. The van der Waals surface area contributed by atoms with Crippen molar-refractivity contribution in [2.45, 2.75) is 19.3 Å². The van der Waals surface area contributed by atoms with Gasteiger partial charge in [0.1, 0.15) is 5.75 Å². The van der Waals surface area contributed by atoms with Crippen LogP contribution in [0.15, 0.2) is 18.2 Å². The molecule has 0 unspecified atom stereocenters. The van der Waals surface area contributed by atoms with Crippen molar-refractivity contribution in [2.75, 3.05) is 20.1 Å². The SMILES string of the molecule is COc1ccc(OC(=O)CCCCCl)c(OC)c1. The van der Waals surface area contributed by atoms with Crippen molar-refractivity contribution in [2.24, 2.45) is 0 Å². The van der Waals surface area contributed by atoms with Crippen LogP contribution >= 0.6 is 11.6 Å². The van der Waals surface area contributed by atoms with Gasteiger partial charge in [-0.1, -0.05) is 0 Å². The number of hydrogen-bond donors (Lipinski definition) is 0. The van der Waals surface area contributed by atoms with Crippen LogP contribution in [0.5, 0.6) is 17.2 Å². The molecule has 0 amide bonds. The van der Waals surface area contributed by atoms with E-state index in [1.807, 2.05) is 0 Å². The molecule has 5 heteroatoms. The molecule has 0 aromatic heterocycles. The van der Waals surface area contributed by atoms with Gasteiger partial charge in [-0.2, -0.15) is 0 Å². The van der Waals surface area contributed by atoms with Crippen molar-refractivity contribution in [1.29, 1.82) is 0 Å². The zero-order chi connectivity index (χ0) is 13.4. The Balaban J connectivity index is 2.63. The van der Waals surface area contributed by atoms with Crippen LogP contribution in [0, 0.1) is 0 Å². The minimum absolute atomic E-state index is 0.288. The molecule has 100 valence electrons. The van der Waals surface area contributed by atoms with Crippen molar-refractivity contribution in [1.82, 2.24) is 0 Å². The second-order valence-electron chi connectivity index (χ2n) is 3.64. The predicted molar refractivity (Wildman–Crippen MR) is 69.8 cm³/mol. The summed E-state index contributed by atoms with van der Waals surface area (Å²) in [5, 5.41) is 0. The smallest absolute Gasteiger partial charge is 0.311 e. The zero-order valence-electron chi connectivity index (χ0n) is 10.6. The fourth-order valence-corrected chi connectivity index (χ4v) is 1.59. The molecule has 1 rings (SSSR count). The van der Waals surface area contributed by atoms with Crippen LogP contribution in [0.25, 0.3) is 0 Å². The number of ether oxygens (including phenoxy) is 3. The summed E-state index contributed by atoms with van der Waals surface area (Å²) in [5.74, 6) is 1.78. The van der Waals surface area contributed by atoms with Gasteiger partial charge in [-0.25, -0.2) is 0 Å². The van der Waals surface area contributed by atoms with Crippen molar-refractivity contribution in [3.63, 3.8) is 0 Å². The number of halogens is 1. The summed E-state index contributed by atoms with van der Waals surface area (Å²) in [5.41, 5.74) is 0. The second-order valence-corrected chi connectivity index (χ2v) is 4.01. The molecule has 0 saturated carbocycles. The van der Waals surface area contributed by atoms with Gasteiger partial charge in [0.15, 0.2) is 11.5 Å². The van der Waals surface area contributed by atoms with Gasteiger partial charge in [0.2, 0.25) is 0 Å². The van der Waals surface area contributed by atoms with Gasteiger partial charge in [-0.05, 0) is 25.0 Å². The highest BCUT2D eigenvalue weighted by atomic mass is 35.5. The number of hydrogen-bond acceptors (Lipinski definition) is 4. The van der Waals surface area contributed by atoms with Crippen LogP contribution in [-0.4, -0.2) is 26.1 Å². The lowest BCUT2D eigenvalue weighted by atomic mass is 10.2. The standard InChI is InChI=1S/C13H17ClO4/c1-16-10-6-7-11(12(9-10)17-2)18-13(15)5-3-4-8-14/h6-7,9H,3-5,8H2,1-2H3. The summed E-state index contributed by atoms with van der Waals surface area (Å²) in [6.45, 7) is 0. The maximum absolute atomic E-state index is 11.6. The van der Waals surface area contributed by atoms with E-state index < -0.39 is 0 Å². The Morgan fingerprint density at radius 3 is 2.56 bits per heavy atom. The summed E-state index contributed by atoms with van der Waals surface area (Å²) in [7, 11) is 3.08. The van der Waals surface area contributed by atoms with Gasteiger partial charge in [-0.3, -0.25) is 4.79 Å². The molecule has 0 aliphatic rings. The van der Waals surface area contributed by atoms with Gasteiger partial charge in [0.05, 0.1) is 14.2 Å². The highest BCUT2D eigenvalue weighted by Gasteiger charge is 2.10. The van der Waals surface area contributed by atoms with E-state index in [9.17, 15) is 4.79 Å². The molecular weight excluding hydrogens is 256 g/mol. The van der Waals surface area contributed by atoms with E-state index in [2.05, 4.69) is 0 Å². The molecule has 4 nitrogen and oxygen atoms in total. The molecule has 0 aliphatic heterocycles. The Morgan fingerprint density at radius 2 is 1.94 bits per heavy atom. The van der Waals surface area contributed by atoms with Gasteiger partial charge in [-0.15, -0.1) is 11.6 Å². The van der Waals surface area contributed by atoms with Crippen LogP contribution in [-0.2, 0) is 4.79 Å². The van der Waals surface area contributed by atoms with Gasteiger partial charge in [0, 0.05) is 18.4 Å². The Bertz CT molecular complexity index is 393. The summed E-state index contributed by atoms with van der Waals surface area (Å²) in [6.07, 6.45) is 1.87. The Morgan fingerprint density at radius 1 is 1.17 bits per heavy atom. The van der Waals surface area contributed by atoms with Gasteiger partial charge >= 0.3 is 5.97 Å². The highest BCUT2D eigenvalue weighted by Crippen LogP contribution is 2.31. The average Bonchev–Trinajstić information content (AvgIpc) is 2.39. The van der Waals surface area contributed by atoms with Crippen LogP contribution in [0.1, 0.15) is 19.3 Å². The molecule has 0 N–H and O–H groups in total. The molecule has 0 fully saturated rings. The number of unbranched alkanes of at least 4 members (excludes halogenated alkanes) is 1. The first kappa shape index (κ1) is 14.6. The topological polar surface area (TPSA) is 44.8 Å². The largest absolute Gasteiger partial charge is 0.497 e. The van der Waals surface area contributed by atoms with Crippen molar-refractivity contribution in [3.8, 4) is 17.2 Å². The lowest BCUT2D eigenvalue weighted by Crippen LogP contribution is -2.08. The van der Waals surface area contributed by atoms with E-state index in [1.165, 1.54) is 7.11 Å². The Labute approximate surface area is 112 Å². The molecular formula is C13H17ClO4. The van der Waals surface area contributed by atoms with E-state index in [-0.39, 0.29) is 5.97 Å². The van der Waals surface area contributed by atoms with E-state index in [4.69, 9.17) is 25.8 Å². The van der Waals surface area contributed by atoms with Crippen LogP contribution in [0.2, 0.25) is 0 Å². The first-order valence-electron chi connectivity index (χ1n) is 5.70. The number of carbonyl (C=O) groups is 1. The monoisotopic (exact) mass is 272 g/mol. The molecule has 0 atom stereocenters. The van der Waals surface area contributed by atoms with Gasteiger partial charge in [0.25, 0.3) is 0 Å². The van der Waals surface area contributed by atoms with E-state index in [1.54, 1.807) is 25.3 Å². The minimum Gasteiger partial charge on any atom is -0.497 e. The number of alkyl halides is 1. The number of methoxy groups -OCH3 is 2.